The van der Waals surface area contributed by atoms with Crippen LogP contribution in [0.15, 0.2) is 66.9 Å². The van der Waals surface area contributed by atoms with Crippen molar-refractivity contribution in [1.82, 2.24) is 14.9 Å². The molecule has 4 nitrogen and oxygen atoms in total. The normalized spacial score (nSPS) is 16.3. The third-order valence-electron chi connectivity index (χ3n) is 4.99. The Morgan fingerprint density at radius 2 is 1.69 bits per heavy atom. The maximum absolute atomic E-state index is 13.2. The first-order chi connectivity index (χ1) is 12.7. The van der Waals surface area contributed by atoms with Crippen molar-refractivity contribution < 1.29 is 4.79 Å². The topological polar surface area (TPSA) is 46.9 Å². The van der Waals surface area contributed by atoms with Crippen LogP contribution in [-0.2, 0) is 17.8 Å². The van der Waals surface area contributed by atoms with Crippen LogP contribution in [0.4, 0.5) is 0 Å². The van der Waals surface area contributed by atoms with Gasteiger partial charge in [0.25, 0.3) is 0 Å². The number of carbonyl (C=O) groups is 1. The molecule has 4 heteroatoms. The number of carbonyl (C=O) groups excluding carboxylic acids is 1. The minimum absolute atomic E-state index is 0.0627. The Labute approximate surface area is 153 Å². The zero-order valence-corrected chi connectivity index (χ0v) is 14.9. The van der Waals surface area contributed by atoms with E-state index in [1.807, 2.05) is 67.6 Å². The third kappa shape index (κ3) is 3.40. The Morgan fingerprint density at radius 3 is 2.31 bits per heavy atom. The number of rotatable bonds is 4. The molecule has 0 bridgehead atoms. The Bertz CT molecular complexity index is 847. The Kier molecular flexibility index (Phi) is 4.57. The summed E-state index contributed by atoms with van der Waals surface area (Å²) < 4.78 is 2.17. The van der Waals surface area contributed by atoms with Gasteiger partial charge in [0.1, 0.15) is 5.82 Å². The van der Waals surface area contributed by atoms with Crippen molar-refractivity contribution in [2.75, 3.05) is 0 Å². The van der Waals surface area contributed by atoms with Crippen LogP contribution < -0.4 is 5.32 Å². The largest absolute Gasteiger partial charge is 0.351 e. The lowest BCUT2D eigenvalue weighted by molar-refractivity contribution is -0.122. The van der Waals surface area contributed by atoms with Crippen LogP contribution in [-0.4, -0.2) is 21.5 Å². The number of fused-ring (bicyclic) bond motifs is 1. The van der Waals surface area contributed by atoms with Crippen LogP contribution in [0, 0.1) is 6.92 Å². The molecule has 1 aliphatic heterocycles. The van der Waals surface area contributed by atoms with E-state index < -0.39 is 0 Å². The zero-order valence-electron chi connectivity index (χ0n) is 14.9. The summed E-state index contributed by atoms with van der Waals surface area (Å²) in [6, 6.07) is 20.1. The van der Waals surface area contributed by atoms with E-state index in [1.54, 1.807) is 0 Å². The van der Waals surface area contributed by atoms with E-state index in [-0.39, 0.29) is 17.9 Å². The molecule has 4 rings (SSSR count). The summed E-state index contributed by atoms with van der Waals surface area (Å²) in [5, 5.41) is 3.28. The first-order valence-corrected chi connectivity index (χ1v) is 9.13. The van der Waals surface area contributed by atoms with Crippen molar-refractivity contribution in [3.63, 3.8) is 0 Å². The van der Waals surface area contributed by atoms with Gasteiger partial charge in [-0.1, -0.05) is 60.7 Å². The summed E-state index contributed by atoms with van der Waals surface area (Å²) in [5.41, 5.74) is 3.08. The second-order valence-electron chi connectivity index (χ2n) is 6.95. The lowest BCUT2D eigenvalue weighted by Crippen LogP contribution is -2.43. The number of imidazole rings is 1. The summed E-state index contributed by atoms with van der Waals surface area (Å²) in [6.45, 7) is 2.80. The van der Waals surface area contributed by atoms with Crippen molar-refractivity contribution in [3.05, 3.63) is 89.5 Å². The van der Waals surface area contributed by atoms with Gasteiger partial charge in [0, 0.05) is 25.2 Å². The average Bonchev–Trinajstić information content (AvgIpc) is 3.03. The second kappa shape index (κ2) is 7.16. The van der Waals surface area contributed by atoms with Crippen LogP contribution in [0.3, 0.4) is 0 Å². The monoisotopic (exact) mass is 345 g/mol. The van der Waals surface area contributed by atoms with Gasteiger partial charge < -0.3 is 9.88 Å². The number of nitrogens with zero attached hydrogens (tertiary/aromatic N) is 2. The SMILES string of the molecule is Cc1cn2c(n1)CC[C@@H](NC(=O)C(c1ccccc1)c1ccccc1)C2. The highest BCUT2D eigenvalue weighted by Gasteiger charge is 2.27. The Morgan fingerprint density at radius 1 is 1.08 bits per heavy atom. The van der Waals surface area contributed by atoms with Gasteiger partial charge in [-0.2, -0.15) is 0 Å². The lowest BCUT2D eigenvalue weighted by atomic mass is 9.90. The fourth-order valence-corrected chi connectivity index (χ4v) is 3.77. The number of amides is 1. The van der Waals surface area contributed by atoms with Gasteiger partial charge in [0.2, 0.25) is 5.91 Å². The number of hydrogen-bond acceptors (Lipinski definition) is 2. The van der Waals surface area contributed by atoms with Crippen LogP contribution in [0.25, 0.3) is 0 Å². The molecule has 0 aliphatic carbocycles. The smallest absolute Gasteiger partial charge is 0.232 e. The van der Waals surface area contributed by atoms with Crippen molar-refractivity contribution in [3.8, 4) is 0 Å². The molecule has 1 aliphatic rings. The van der Waals surface area contributed by atoms with Crippen molar-refractivity contribution in [2.45, 2.75) is 38.3 Å². The molecule has 1 N–H and O–H groups in total. The van der Waals surface area contributed by atoms with E-state index in [0.29, 0.717) is 0 Å². The van der Waals surface area contributed by atoms with Gasteiger partial charge in [-0.25, -0.2) is 4.98 Å². The highest BCUT2D eigenvalue weighted by atomic mass is 16.2. The molecule has 1 amide bonds. The zero-order chi connectivity index (χ0) is 17.9. The van der Waals surface area contributed by atoms with Crippen LogP contribution >= 0.6 is 0 Å². The molecule has 0 saturated heterocycles. The number of hydrogen-bond donors (Lipinski definition) is 1. The lowest BCUT2D eigenvalue weighted by Gasteiger charge is -2.27. The Balaban J connectivity index is 1.56. The molecule has 0 saturated carbocycles. The van der Waals surface area contributed by atoms with Gasteiger partial charge in [-0.3, -0.25) is 4.79 Å². The summed E-state index contributed by atoms with van der Waals surface area (Å²) in [5.74, 6) is 0.895. The molecule has 1 aromatic heterocycles. The van der Waals surface area contributed by atoms with Crippen LogP contribution in [0.1, 0.15) is 35.0 Å². The fraction of sp³-hybridized carbons (Fsp3) is 0.273. The first-order valence-electron chi connectivity index (χ1n) is 9.13. The number of aryl methyl sites for hydroxylation is 2. The van der Waals surface area contributed by atoms with Crippen molar-refractivity contribution in [1.29, 1.82) is 0 Å². The third-order valence-corrected chi connectivity index (χ3v) is 4.99. The number of nitrogens with one attached hydrogen (secondary N) is 1. The molecule has 3 aromatic rings. The highest BCUT2D eigenvalue weighted by molar-refractivity contribution is 5.87. The molecule has 0 radical (unpaired) electrons. The van der Waals surface area contributed by atoms with Gasteiger partial charge in [-0.05, 0) is 24.5 Å². The number of benzene rings is 2. The highest BCUT2D eigenvalue weighted by Crippen LogP contribution is 2.25. The first kappa shape index (κ1) is 16.6. The summed E-state index contributed by atoms with van der Waals surface area (Å²) >= 11 is 0. The van der Waals surface area contributed by atoms with Gasteiger partial charge in [0.15, 0.2) is 0 Å². The van der Waals surface area contributed by atoms with E-state index in [1.165, 1.54) is 0 Å². The quantitative estimate of drug-likeness (QED) is 0.787. The van der Waals surface area contributed by atoms with Crippen LogP contribution in [0.5, 0.6) is 0 Å². The molecule has 26 heavy (non-hydrogen) atoms. The molecular formula is C22H23N3O. The summed E-state index contributed by atoms with van der Waals surface area (Å²) in [6.07, 6.45) is 3.90. The minimum Gasteiger partial charge on any atom is -0.351 e. The molecular weight excluding hydrogens is 322 g/mol. The number of aromatic nitrogens is 2. The van der Waals surface area contributed by atoms with Crippen LogP contribution in [0.2, 0.25) is 0 Å². The van der Waals surface area contributed by atoms with Gasteiger partial charge in [0.05, 0.1) is 11.6 Å². The second-order valence-corrected chi connectivity index (χ2v) is 6.95. The molecule has 1 atom stereocenters. The van der Waals surface area contributed by atoms with Gasteiger partial charge >= 0.3 is 0 Å². The fourth-order valence-electron chi connectivity index (χ4n) is 3.77. The van der Waals surface area contributed by atoms with E-state index in [2.05, 4.69) is 21.1 Å². The molecule has 2 heterocycles. The molecule has 0 fully saturated rings. The summed E-state index contributed by atoms with van der Waals surface area (Å²) in [4.78, 5) is 17.7. The average molecular weight is 345 g/mol. The van der Waals surface area contributed by atoms with E-state index in [4.69, 9.17) is 0 Å². The van der Waals surface area contributed by atoms with Crippen molar-refractivity contribution in [2.24, 2.45) is 0 Å². The predicted molar refractivity (Wildman–Crippen MR) is 102 cm³/mol. The van der Waals surface area contributed by atoms with Gasteiger partial charge in [-0.15, -0.1) is 0 Å². The Hall–Kier alpha value is -2.88. The molecule has 2 aromatic carbocycles. The molecule has 132 valence electrons. The molecule has 0 spiro atoms. The summed E-state index contributed by atoms with van der Waals surface area (Å²) in [7, 11) is 0. The van der Waals surface area contributed by atoms with E-state index in [0.717, 1.165) is 42.0 Å². The standard InChI is InChI=1S/C22H23N3O/c1-16-14-25-15-19(12-13-20(25)23-16)24-22(26)21(17-8-4-2-5-9-17)18-10-6-3-7-11-18/h2-11,14,19,21H,12-13,15H2,1H3,(H,24,26)/t19-/m1/s1. The maximum atomic E-state index is 13.2. The van der Waals surface area contributed by atoms with E-state index in [9.17, 15) is 4.79 Å². The minimum atomic E-state index is -0.289. The van der Waals surface area contributed by atoms with E-state index >= 15 is 0 Å². The maximum Gasteiger partial charge on any atom is 0.232 e. The van der Waals surface area contributed by atoms with Crippen molar-refractivity contribution >= 4 is 5.91 Å². The molecule has 0 unspecified atom stereocenters. The predicted octanol–water partition coefficient (Wildman–Crippen LogP) is 3.45.